The molecule has 0 saturated carbocycles. The van der Waals surface area contributed by atoms with Gasteiger partial charge in [0.25, 0.3) is 0 Å². The molecule has 2 N–H and O–H groups in total. The first-order valence-electron chi connectivity index (χ1n) is 17.6. The molecular weight excluding hydrogens is 680 g/mol. The highest BCUT2D eigenvalue weighted by atomic mass is 16.5. The predicted octanol–water partition coefficient (Wildman–Crippen LogP) is 7.82. The first-order chi connectivity index (χ1) is 25.5. The Morgan fingerprint density at radius 1 is 0.453 bits per heavy atom. The second-order valence-electron chi connectivity index (χ2n) is 13.3. The topological polar surface area (TPSA) is 124 Å². The van der Waals surface area contributed by atoms with Gasteiger partial charge in [0, 0.05) is 0 Å². The number of hydrogen-bond acceptors (Lipinski definition) is 11. The van der Waals surface area contributed by atoms with Crippen LogP contribution in [0.15, 0.2) is 72.8 Å². The summed E-state index contributed by atoms with van der Waals surface area (Å²) in [5.41, 5.74) is 3.18. The SMILES string of the molecule is COc1ccc([C@@H](O)[C@H](C)Oc2ccc([C@@H]3O[C@@H](c4ccc(O[C@H](C)[C@H](O)c5ccc(OC)c(OC)c5)c(OC)c4)[C@@H](C)[C@@H]3C)cc2OC)cc1OC. The highest BCUT2D eigenvalue weighted by Crippen LogP contribution is 2.51. The van der Waals surface area contributed by atoms with E-state index in [-0.39, 0.29) is 24.0 Å². The van der Waals surface area contributed by atoms with Crippen molar-refractivity contribution in [3.63, 3.8) is 0 Å². The average molecular weight is 733 g/mol. The molecule has 4 aromatic rings. The van der Waals surface area contributed by atoms with E-state index in [0.717, 1.165) is 11.1 Å². The lowest BCUT2D eigenvalue weighted by molar-refractivity contribution is 0.0281. The number of ether oxygens (including phenoxy) is 9. The van der Waals surface area contributed by atoms with Crippen LogP contribution in [0.1, 0.15) is 74.4 Å². The van der Waals surface area contributed by atoms with E-state index in [0.29, 0.717) is 57.1 Å². The van der Waals surface area contributed by atoms with Gasteiger partial charge in [0.2, 0.25) is 0 Å². The number of benzene rings is 4. The zero-order valence-electron chi connectivity index (χ0n) is 32.1. The third kappa shape index (κ3) is 8.38. The average Bonchev–Trinajstić information content (AvgIpc) is 3.49. The summed E-state index contributed by atoms with van der Waals surface area (Å²) < 4.78 is 52.2. The summed E-state index contributed by atoms with van der Waals surface area (Å²) in [6.45, 7) is 7.96. The van der Waals surface area contributed by atoms with Crippen molar-refractivity contribution in [2.24, 2.45) is 11.8 Å². The highest BCUT2D eigenvalue weighted by Gasteiger charge is 2.41. The fraction of sp³-hybridized carbons (Fsp3) is 0.429. The Kier molecular flexibility index (Phi) is 12.9. The summed E-state index contributed by atoms with van der Waals surface area (Å²) >= 11 is 0. The normalized spacial score (nSPS) is 20.5. The number of hydrogen-bond donors (Lipinski definition) is 2. The van der Waals surface area contributed by atoms with Gasteiger partial charge in [0.1, 0.15) is 24.4 Å². The maximum absolute atomic E-state index is 11.1. The van der Waals surface area contributed by atoms with Crippen LogP contribution < -0.4 is 37.9 Å². The smallest absolute Gasteiger partial charge is 0.161 e. The molecule has 0 unspecified atom stereocenters. The van der Waals surface area contributed by atoms with E-state index in [9.17, 15) is 10.2 Å². The minimum absolute atomic E-state index is 0.167. The zero-order valence-corrected chi connectivity index (χ0v) is 32.1. The molecule has 11 nitrogen and oxygen atoms in total. The van der Waals surface area contributed by atoms with Crippen molar-refractivity contribution >= 4 is 0 Å². The Morgan fingerprint density at radius 3 is 1.11 bits per heavy atom. The molecule has 286 valence electrons. The maximum Gasteiger partial charge on any atom is 0.161 e. The molecular formula is C42H52O11. The van der Waals surface area contributed by atoms with Crippen LogP contribution in [0.4, 0.5) is 0 Å². The number of aliphatic hydroxyl groups is 2. The molecule has 0 aromatic heterocycles. The van der Waals surface area contributed by atoms with Gasteiger partial charge in [0.15, 0.2) is 46.0 Å². The van der Waals surface area contributed by atoms with Crippen LogP contribution in [0.2, 0.25) is 0 Å². The van der Waals surface area contributed by atoms with E-state index in [4.69, 9.17) is 42.6 Å². The molecule has 1 heterocycles. The second kappa shape index (κ2) is 17.3. The number of aliphatic hydroxyl groups excluding tert-OH is 2. The van der Waals surface area contributed by atoms with E-state index in [1.807, 2.05) is 36.4 Å². The van der Waals surface area contributed by atoms with E-state index in [2.05, 4.69) is 13.8 Å². The summed E-state index contributed by atoms with van der Waals surface area (Å²) in [4.78, 5) is 0. The number of methoxy groups -OCH3 is 6. The lowest BCUT2D eigenvalue weighted by Crippen LogP contribution is -2.22. The minimum atomic E-state index is -0.932. The van der Waals surface area contributed by atoms with Crippen molar-refractivity contribution in [3.8, 4) is 46.0 Å². The maximum atomic E-state index is 11.1. The molecule has 1 aliphatic rings. The van der Waals surface area contributed by atoms with Gasteiger partial charge in [-0.2, -0.15) is 0 Å². The molecule has 1 fully saturated rings. The molecule has 0 bridgehead atoms. The van der Waals surface area contributed by atoms with Crippen LogP contribution in [0.25, 0.3) is 0 Å². The van der Waals surface area contributed by atoms with Gasteiger partial charge in [-0.05, 0) is 96.5 Å². The Labute approximate surface area is 312 Å². The van der Waals surface area contributed by atoms with Crippen molar-refractivity contribution in [2.75, 3.05) is 42.7 Å². The Balaban J connectivity index is 1.29. The van der Waals surface area contributed by atoms with Gasteiger partial charge in [-0.15, -0.1) is 0 Å². The van der Waals surface area contributed by atoms with E-state index in [1.54, 1.807) is 92.9 Å². The molecule has 0 spiro atoms. The monoisotopic (exact) mass is 732 g/mol. The fourth-order valence-electron chi connectivity index (χ4n) is 6.78. The fourth-order valence-corrected chi connectivity index (χ4v) is 6.78. The predicted molar refractivity (Wildman–Crippen MR) is 200 cm³/mol. The molecule has 4 aromatic carbocycles. The molecule has 0 radical (unpaired) electrons. The van der Waals surface area contributed by atoms with Crippen LogP contribution in [-0.4, -0.2) is 65.1 Å². The molecule has 1 saturated heterocycles. The molecule has 1 aliphatic heterocycles. The van der Waals surface area contributed by atoms with E-state index in [1.165, 1.54) is 0 Å². The summed E-state index contributed by atoms with van der Waals surface area (Å²) in [6, 6.07) is 22.1. The van der Waals surface area contributed by atoms with Crippen LogP contribution in [0.5, 0.6) is 46.0 Å². The van der Waals surface area contributed by atoms with E-state index >= 15 is 0 Å². The van der Waals surface area contributed by atoms with Crippen molar-refractivity contribution < 1.29 is 52.8 Å². The van der Waals surface area contributed by atoms with E-state index < -0.39 is 24.4 Å². The molecule has 5 rings (SSSR count). The van der Waals surface area contributed by atoms with Gasteiger partial charge in [-0.3, -0.25) is 0 Å². The molecule has 11 heteroatoms. The summed E-state index contributed by atoms with van der Waals surface area (Å²) in [6.07, 6.45) is -3.49. The van der Waals surface area contributed by atoms with Gasteiger partial charge >= 0.3 is 0 Å². The van der Waals surface area contributed by atoms with Gasteiger partial charge in [-0.1, -0.05) is 38.1 Å². The summed E-state index contributed by atoms with van der Waals surface area (Å²) in [5, 5.41) is 22.2. The van der Waals surface area contributed by atoms with Crippen LogP contribution >= 0.6 is 0 Å². The molecule has 8 atom stereocenters. The van der Waals surface area contributed by atoms with Gasteiger partial charge < -0.3 is 52.8 Å². The Bertz CT molecular complexity index is 1700. The van der Waals surface area contributed by atoms with Crippen molar-refractivity contribution in [3.05, 3.63) is 95.1 Å². The molecule has 0 aliphatic carbocycles. The second-order valence-corrected chi connectivity index (χ2v) is 13.3. The highest BCUT2D eigenvalue weighted by molar-refractivity contribution is 5.48. The standard InChI is InChI=1S/C42H52O11/c1-23-24(2)42(30-14-18-34(38(22-30)50-10)52-26(4)40(44)28-12-16-32(46-6)36(20-28)48-8)53-41(23)29-13-17-33(37(21-29)49-9)51-25(3)39(43)27-11-15-31(45-5)35(19-27)47-7/h11-26,39-44H,1-10H3/t23-,24-,25-,26+,39-,40-,41+,42+/m0/s1. The van der Waals surface area contributed by atoms with Crippen molar-refractivity contribution in [2.45, 2.75) is 64.3 Å². The minimum Gasteiger partial charge on any atom is -0.493 e. The summed E-state index contributed by atoms with van der Waals surface area (Å²) in [7, 11) is 9.43. The lowest BCUT2D eigenvalue weighted by atomic mass is 9.85. The third-order valence-corrected chi connectivity index (χ3v) is 10.1. The first-order valence-corrected chi connectivity index (χ1v) is 17.6. The molecule has 53 heavy (non-hydrogen) atoms. The Hall–Kier alpha value is -4.84. The molecule has 0 amide bonds. The van der Waals surface area contributed by atoms with Gasteiger partial charge in [0.05, 0.1) is 54.9 Å². The Morgan fingerprint density at radius 2 is 0.774 bits per heavy atom. The third-order valence-electron chi connectivity index (χ3n) is 10.1. The quantitative estimate of drug-likeness (QED) is 0.117. The van der Waals surface area contributed by atoms with Crippen molar-refractivity contribution in [1.29, 1.82) is 0 Å². The van der Waals surface area contributed by atoms with Crippen LogP contribution in [-0.2, 0) is 4.74 Å². The lowest BCUT2D eigenvalue weighted by Gasteiger charge is -2.24. The van der Waals surface area contributed by atoms with Crippen LogP contribution in [0.3, 0.4) is 0 Å². The largest absolute Gasteiger partial charge is 0.493 e. The van der Waals surface area contributed by atoms with Crippen molar-refractivity contribution in [1.82, 2.24) is 0 Å². The zero-order chi connectivity index (χ0) is 38.4. The summed E-state index contributed by atoms with van der Waals surface area (Å²) in [5.74, 6) is 4.62. The first kappa shape index (κ1) is 39.4. The number of rotatable bonds is 16. The van der Waals surface area contributed by atoms with Crippen LogP contribution in [0, 0.1) is 11.8 Å². The van der Waals surface area contributed by atoms with Gasteiger partial charge in [-0.25, -0.2) is 0 Å².